The van der Waals surface area contributed by atoms with Crippen molar-refractivity contribution in [1.82, 2.24) is 4.98 Å². The van der Waals surface area contributed by atoms with E-state index in [2.05, 4.69) is 10.3 Å². The average Bonchev–Trinajstić information content (AvgIpc) is 2.92. The zero-order valence-electron chi connectivity index (χ0n) is 9.83. The fourth-order valence-corrected chi connectivity index (χ4v) is 3.85. The Hall–Kier alpha value is -0.480. The van der Waals surface area contributed by atoms with Crippen LogP contribution in [-0.4, -0.2) is 22.2 Å². The second kappa shape index (κ2) is 6.74. The molecule has 1 N–H and O–H groups in total. The third kappa shape index (κ3) is 5.03. The van der Waals surface area contributed by atoms with E-state index in [0.717, 1.165) is 11.3 Å². The largest absolute Gasteiger partial charge is 0.442 e. The molecule has 0 fully saturated rings. The predicted molar refractivity (Wildman–Crippen MR) is 82.6 cm³/mol. The molecule has 1 amide bonds. The van der Waals surface area contributed by atoms with Crippen LogP contribution in [0.5, 0.6) is 0 Å². The molecule has 2 heterocycles. The van der Waals surface area contributed by atoms with Crippen LogP contribution >= 0.6 is 57.6 Å². The predicted octanol–water partition coefficient (Wildman–Crippen LogP) is 5.37. The number of alkyl halides is 3. The van der Waals surface area contributed by atoms with Gasteiger partial charge in [0.25, 0.3) is 0 Å². The van der Waals surface area contributed by atoms with E-state index in [-0.39, 0.29) is 5.13 Å². The second-order valence-electron chi connectivity index (χ2n) is 3.56. The fourth-order valence-electron chi connectivity index (χ4n) is 1.27. The summed E-state index contributed by atoms with van der Waals surface area (Å²) in [7, 11) is 0. The molecule has 0 aromatic carbocycles. The van der Waals surface area contributed by atoms with Crippen molar-refractivity contribution in [3.05, 3.63) is 20.1 Å². The van der Waals surface area contributed by atoms with Crippen molar-refractivity contribution in [3.8, 4) is 11.3 Å². The van der Waals surface area contributed by atoms with Gasteiger partial charge in [0.1, 0.15) is 4.34 Å². The number of carbonyl (C=O) groups is 1. The van der Waals surface area contributed by atoms with Crippen LogP contribution in [0.15, 0.2) is 11.4 Å². The molecule has 0 aliphatic rings. The Labute approximate surface area is 139 Å². The Kier molecular flexibility index (Phi) is 5.42. The van der Waals surface area contributed by atoms with E-state index in [9.17, 15) is 18.0 Å². The molecule has 0 aliphatic heterocycles. The minimum absolute atomic E-state index is 0.205. The molecule has 0 radical (unpaired) electrons. The number of halogens is 5. The molecular weight excluding hydrogens is 388 g/mol. The number of carbonyl (C=O) groups excluding carboxylic acids is 1. The zero-order valence-corrected chi connectivity index (χ0v) is 13.8. The van der Waals surface area contributed by atoms with Gasteiger partial charge in [-0.3, -0.25) is 4.79 Å². The van der Waals surface area contributed by atoms with E-state index in [4.69, 9.17) is 23.2 Å². The number of anilines is 1. The minimum atomic E-state index is -4.44. The quantitative estimate of drug-likeness (QED) is 0.760. The number of nitrogens with zero attached hydrogens (tertiary/aromatic N) is 1. The van der Waals surface area contributed by atoms with Gasteiger partial charge in [-0.1, -0.05) is 23.2 Å². The number of hydrogen-bond donors (Lipinski definition) is 1. The highest BCUT2D eigenvalue weighted by atomic mass is 35.5. The van der Waals surface area contributed by atoms with Gasteiger partial charge in [-0.2, -0.15) is 13.2 Å². The maximum absolute atomic E-state index is 12.0. The topological polar surface area (TPSA) is 42.0 Å². The number of hydrogen-bond acceptors (Lipinski definition) is 5. The lowest BCUT2D eigenvalue weighted by atomic mass is 10.3. The van der Waals surface area contributed by atoms with Crippen molar-refractivity contribution in [2.24, 2.45) is 0 Å². The summed E-state index contributed by atoms with van der Waals surface area (Å²) in [5, 5.41) is 4.15. The minimum Gasteiger partial charge on any atom is -0.301 e. The number of aromatic nitrogens is 1. The summed E-state index contributed by atoms with van der Waals surface area (Å²) < 4.78 is 36.9. The summed E-state index contributed by atoms with van der Waals surface area (Å²) in [5.74, 6) is -1.49. The number of thioether (sulfide) groups is 1. The highest BCUT2D eigenvalue weighted by Crippen LogP contribution is 2.39. The Morgan fingerprint density at radius 1 is 1.43 bits per heavy atom. The smallest absolute Gasteiger partial charge is 0.301 e. The van der Waals surface area contributed by atoms with Crippen molar-refractivity contribution in [2.45, 2.75) is 5.51 Å². The summed E-state index contributed by atoms with van der Waals surface area (Å²) >= 11 is 13.7. The Balaban J connectivity index is 2.00. The van der Waals surface area contributed by atoms with E-state index in [1.54, 1.807) is 11.4 Å². The van der Waals surface area contributed by atoms with E-state index < -0.39 is 28.9 Å². The van der Waals surface area contributed by atoms with Gasteiger partial charge >= 0.3 is 5.51 Å². The maximum Gasteiger partial charge on any atom is 0.442 e. The lowest BCUT2D eigenvalue weighted by molar-refractivity contribution is -0.114. The molecule has 0 bridgehead atoms. The Bertz CT molecular complexity index is 656. The molecule has 0 aliphatic carbocycles. The number of nitrogens with one attached hydrogen (secondary N) is 1. The molecule has 2 aromatic heterocycles. The molecule has 0 atom stereocenters. The van der Waals surface area contributed by atoms with Crippen LogP contribution in [0.2, 0.25) is 8.67 Å². The van der Waals surface area contributed by atoms with Crippen LogP contribution in [-0.2, 0) is 4.79 Å². The van der Waals surface area contributed by atoms with Gasteiger partial charge in [0, 0.05) is 10.9 Å². The maximum atomic E-state index is 12.0. The molecule has 114 valence electrons. The van der Waals surface area contributed by atoms with Gasteiger partial charge in [0.2, 0.25) is 5.91 Å². The summed E-state index contributed by atoms with van der Waals surface area (Å²) in [5.41, 5.74) is -3.31. The molecule has 0 saturated heterocycles. The third-order valence-electron chi connectivity index (χ3n) is 2.05. The van der Waals surface area contributed by atoms with E-state index in [1.165, 1.54) is 11.3 Å². The van der Waals surface area contributed by atoms with Crippen LogP contribution < -0.4 is 5.32 Å². The standard InChI is InChI=1S/C10H5Cl2F3N2OS3/c11-6-1-4(8(12)21-6)5-2-19-9(16-5)17-7(18)3-20-10(13,14)15/h1-2H,3H2,(H,16,17,18). The highest BCUT2D eigenvalue weighted by molar-refractivity contribution is 8.00. The molecular formula is C10H5Cl2F3N2OS3. The van der Waals surface area contributed by atoms with Gasteiger partial charge < -0.3 is 5.32 Å². The molecule has 11 heteroatoms. The van der Waals surface area contributed by atoms with Crippen molar-refractivity contribution in [3.63, 3.8) is 0 Å². The first-order chi connectivity index (χ1) is 9.74. The first kappa shape index (κ1) is 16.9. The Morgan fingerprint density at radius 2 is 2.14 bits per heavy atom. The number of amides is 1. The lowest BCUT2D eigenvalue weighted by Gasteiger charge is -2.04. The normalized spacial score (nSPS) is 11.7. The highest BCUT2D eigenvalue weighted by Gasteiger charge is 2.29. The van der Waals surface area contributed by atoms with Gasteiger partial charge in [-0.05, 0) is 17.8 Å². The summed E-state index contributed by atoms with van der Waals surface area (Å²) in [6.07, 6.45) is 0. The van der Waals surface area contributed by atoms with Crippen LogP contribution in [0.4, 0.5) is 18.3 Å². The zero-order chi connectivity index (χ0) is 15.6. The molecule has 21 heavy (non-hydrogen) atoms. The third-order valence-corrected chi connectivity index (χ3v) is 5.03. The fraction of sp³-hybridized carbons (Fsp3) is 0.200. The van der Waals surface area contributed by atoms with E-state index in [1.807, 2.05) is 0 Å². The van der Waals surface area contributed by atoms with Crippen molar-refractivity contribution in [2.75, 3.05) is 11.1 Å². The van der Waals surface area contributed by atoms with Gasteiger partial charge in [-0.15, -0.1) is 22.7 Å². The van der Waals surface area contributed by atoms with Crippen LogP contribution in [0.25, 0.3) is 11.3 Å². The SMILES string of the molecule is O=C(CSC(F)(F)F)Nc1nc(-c2cc(Cl)sc2Cl)cs1. The molecule has 2 aromatic rings. The number of rotatable bonds is 4. The van der Waals surface area contributed by atoms with Gasteiger partial charge in [0.05, 0.1) is 15.8 Å². The van der Waals surface area contributed by atoms with Crippen molar-refractivity contribution in [1.29, 1.82) is 0 Å². The molecule has 0 unspecified atom stereocenters. The Morgan fingerprint density at radius 3 is 2.71 bits per heavy atom. The number of thiophene rings is 1. The molecule has 0 saturated carbocycles. The van der Waals surface area contributed by atoms with E-state index in [0.29, 0.717) is 19.9 Å². The van der Waals surface area contributed by atoms with Gasteiger partial charge in [-0.25, -0.2) is 4.98 Å². The van der Waals surface area contributed by atoms with Gasteiger partial charge in [0.15, 0.2) is 5.13 Å². The first-order valence-corrected chi connectivity index (χ1v) is 8.59. The second-order valence-corrected chi connectivity index (χ2v) is 7.74. The molecule has 3 nitrogen and oxygen atoms in total. The summed E-state index contributed by atoms with van der Waals surface area (Å²) in [6, 6.07) is 1.63. The summed E-state index contributed by atoms with van der Waals surface area (Å²) in [6.45, 7) is 0. The molecule has 0 spiro atoms. The lowest BCUT2D eigenvalue weighted by Crippen LogP contribution is -2.16. The summed E-state index contributed by atoms with van der Waals surface area (Å²) in [4.78, 5) is 15.5. The van der Waals surface area contributed by atoms with Crippen LogP contribution in [0.1, 0.15) is 0 Å². The van der Waals surface area contributed by atoms with E-state index >= 15 is 0 Å². The first-order valence-electron chi connectivity index (χ1n) is 5.16. The van der Waals surface area contributed by atoms with Crippen LogP contribution in [0.3, 0.4) is 0 Å². The van der Waals surface area contributed by atoms with Crippen molar-refractivity contribution >= 4 is 68.7 Å². The number of thiazole rings is 1. The monoisotopic (exact) mass is 392 g/mol. The average molecular weight is 393 g/mol. The van der Waals surface area contributed by atoms with Crippen molar-refractivity contribution < 1.29 is 18.0 Å². The molecule has 2 rings (SSSR count). The van der Waals surface area contributed by atoms with Crippen LogP contribution in [0, 0.1) is 0 Å².